The molecule has 1 saturated carbocycles. The third kappa shape index (κ3) is 1.85. The maximum atomic E-state index is 5.83. The summed E-state index contributed by atoms with van der Waals surface area (Å²) in [5, 5.41) is 0. The average Bonchev–Trinajstić information content (AvgIpc) is 2.68. The number of rotatable bonds is 3. The lowest BCUT2D eigenvalue weighted by Gasteiger charge is -2.24. The predicted octanol–water partition coefficient (Wildman–Crippen LogP) is 4.94. The normalized spacial score (nSPS) is 37.6. The Balaban J connectivity index is 2.33. The van der Waals surface area contributed by atoms with Crippen molar-refractivity contribution in [3.63, 3.8) is 0 Å². The minimum absolute atomic E-state index is 0.157. The van der Waals surface area contributed by atoms with Crippen LogP contribution < -0.4 is 0 Å². The first kappa shape index (κ1) is 13.1. The van der Waals surface area contributed by atoms with Crippen molar-refractivity contribution in [3.05, 3.63) is 22.7 Å². The van der Waals surface area contributed by atoms with Crippen molar-refractivity contribution in [2.45, 2.75) is 33.1 Å². The number of hydrogen-bond donors (Lipinski definition) is 0. The number of terminal acetylenes is 1. The Kier molecular flexibility index (Phi) is 3.36. The number of halogens is 2. The molecule has 3 atom stereocenters. The fourth-order valence-corrected chi connectivity index (χ4v) is 4.07. The highest BCUT2D eigenvalue weighted by molar-refractivity contribution is 6.55. The molecular weight excluding hydrogens is 251 g/mol. The number of allylic oxidation sites excluding steroid dienone is 3. The van der Waals surface area contributed by atoms with Gasteiger partial charge in [0.2, 0.25) is 0 Å². The van der Waals surface area contributed by atoms with E-state index in [0.29, 0.717) is 16.3 Å². The Morgan fingerprint density at radius 1 is 1.53 bits per heavy atom. The van der Waals surface area contributed by atoms with E-state index < -0.39 is 0 Å². The van der Waals surface area contributed by atoms with Crippen LogP contribution in [-0.2, 0) is 0 Å². The van der Waals surface area contributed by atoms with Gasteiger partial charge < -0.3 is 0 Å². The van der Waals surface area contributed by atoms with Crippen LogP contribution >= 0.6 is 23.2 Å². The van der Waals surface area contributed by atoms with Gasteiger partial charge in [-0.15, -0.1) is 12.3 Å². The summed E-state index contributed by atoms with van der Waals surface area (Å²) in [7, 11) is 0. The van der Waals surface area contributed by atoms with Crippen LogP contribution in [0, 0.1) is 35.0 Å². The van der Waals surface area contributed by atoms with Gasteiger partial charge in [-0.05, 0) is 36.2 Å². The molecule has 0 radical (unpaired) electrons. The fourth-order valence-electron chi connectivity index (χ4n) is 3.82. The van der Waals surface area contributed by atoms with E-state index in [1.807, 2.05) is 6.08 Å². The molecule has 17 heavy (non-hydrogen) atoms. The maximum Gasteiger partial charge on any atom is 0.103 e. The van der Waals surface area contributed by atoms with Crippen molar-refractivity contribution in [1.82, 2.24) is 0 Å². The predicted molar refractivity (Wildman–Crippen MR) is 74.8 cm³/mol. The molecule has 0 saturated heterocycles. The van der Waals surface area contributed by atoms with E-state index in [1.54, 1.807) is 0 Å². The van der Waals surface area contributed by atoms with E-state index in [0.717, 1.165) is 12.8 Å². The first-order valence-electron chi connectivity index (χ1n) is 6.09. The average molecular weight is 269 g/mol. The molecule has 0 N–H and O–H groups in total. The smallest absolute Gasteiger partial charge is 0.103 e. The largest absolute Gasteiger partial charge is 0.120 e. The molecule has 2 heteroatoms. The third-order valence-electron chi connectivity index (χ3n) is 4.81. The summed E-state index contributed by atoms with van der Waals surface area (Å²) < 4.78 is 0.365. The van der Waals surface area contributed by atoms with Gasteiger partial charge in [0.25, 0.3) is 0 Å². The third-order valence-corrected chi connectivity index (χ3v) is 5.06. The van der Waals surface area contributed by atoms with Crippen LogP contribution in [0.3, 0.4) is 0 Å². The van der Waals surface area contributed by atoms with Gasteiger partial charge in [0.1, 0.15) is 4.49 Å². The Hall–Kier alpha value is -0.380. The van der Waals surface area contributed by atoms with Gasteiger partial charge in [0, 0.05) is 11.8 Å². The molecule has 0 bridgehead atoms. The second-order valence-corrected chi connectivity index (χ2v) is 6.70. The molecule has 0 nitrogen and oxygen atoms in total. The van der Waals surface area contributed by atoms with Crippen molar-refractivity contribution < 1.29 is 0 Å². The standard InChI is InChI=1S/C15H18Cl2/c1-4-9-15(11-7-5-6-8-11)12(10-13(16)17)14(15,2)3/h1,5,7,10-12H,6,8-9H2,2-3H3. The van der Waals surface area contributed by atoms with Crippen LogP contribution in [0.5, 0.6) is 0 Å². The molecule has 2 rings (SSSR count). The zero-order valence-electron chi connectivity index (χ0n) is 10.3. The molecule has 0 aliphatic heterocycles. The molecule has 92 valence electrons. The maximum absolute atomic E-state index is 5.83. The minimum atomic E-state index is 0.157. The monoisotopic (exact) mass is 268 g/mol. The van der Waals surface area contributed by atoms with E-state index in [-0.39, 0.29) is 10.8 Å². The molecule has 3 unspecified atom stereocenters. The van der Waals surface area contributed by atoms with Crippen molar-refractivity contribution in [2.24, 2.45) is 22.7 Å². The fraction of sp³-hybridized carbons (Fsp3) is 0.600. The Morgan fingerprint density at radius 2 is 2.24 bits per heavy atom. The van der Waals surface area contributed by atoms with Crippen LogP contribution in [-0.4, -0.2) is 0 Å². The van der Waals surface area contributed by atoms with E-state index >= 15 is 0 Å². The van der Waals surface area contributed by atoms with Gasteiger partial charge in [-0.2, -0.15) is 0 Å². The molecule has 1 fully saturated rings. The van der Waals surface area contributed by atoms with E-state index in [9.17, 15) is 0 Å². The Labute approximate surface area is 114 Å². The zero-order chi connectivity index (χ0) is 12.7. The van der Waals surface area contributed by atoms with Crippen molar-refractivity contribution in [2.75, 3.05) is 0 Å². The first-order valence-corrected chi connectivity index (χ1v) is 6.85. The summed E-state index contributed by atoms with van der Waals surface area (Å²) in [6, 6.07) is 0. The lowest BCUT2D eigenvalue weighted by Crippen LogP contribution is -2.18. The Bertz CT molecular complexity index is 407. The van der Waals surface area contributed by atoms with E-state index in [1.165, 1.54) is 6.42 Å². The molecular formula is C15H18Cl2. The summed E-state index contributed by atoms with van der Waals surface area (Å²) >= 11 is 11.7. The lowest BCUT2D eigenvalue weighted by atomic mass is 9.79. The Morgan fingerprint density at radius 3 is 2.71 bits per heavy atom. The van der Waals surface area contributed by atoms with E-state index in [4.69, 9.17) is 29.6 Å². The van der Waals surface area contributed by atoms with Crippen molar-refractivity contribution in [3.8, 4) is 12.3 Å². The van der Waals surface area contributed by atoms with Crippen LogP contribution in [0.1, 0.15) is 33.1 Å². The summed E-state index contributed by atoms with van der Waals surface area (Å²) in [4.78, 5) is 0. The topological polar surface area (TPSA) is 0 Å². The van der Waals surface area contributed by atoms with Crippen LogP contribution in [0.25, 0.3) is 0 Å². The second kappa shape index (κ2) is 4.38. The SMILES string of the molecule is C#CCC1(C2C=CCC2)C(C=C(Cl)Cl)C1(C)C. The molecule has 0 aromatic carbocycles. The van der Waals surface area contributed by atoms with Crippen molar-refractivity contribution >= 4 is 23.2 Å². The summed E-state index contributed by atoms with van der Waals surface area (Å²) in [6.07, 6.45) is 15.3. The van der Waals surface area contributed by atoms with Crippen LogP contribution in [0.15, 0.2) is 22.7 Å². The highest BCUT2D eigenvalue weighted by Crippen LogP contribution is 2.76. The zero-order valence-corrected chi connectivity index (χ0v) is 11.9. The molecule has 2 aliphatic carbocycles. The molecule has 0 heterocycles. The quantitative estimate of drug-likeness (QED) is 0.503. The summed E-state index contributed by atoms with van der Waals surface area (Å²) in [5.41, 5.74) is 0.345. The molecule has 2 aliphatic rings. The minimum Gasteiger partial charge on any atom is -0.120 e. The van der Waals surface area contributed by atoms with Crippen LogP contribution in [0.4, 0.5) is 0 Å². The lowest BCUT2D eigenvalue weighted by molar-refractivity contribution is 0.287. The van der Waals surface area contributed by atoms with Gasteiger partial charge in [-0.1, -0.05) is 49.2 Å². The van der Waals surface area contributed by atoms with Gasteiger partial charge >= 0.3 is 0 Å². The van der Waals surface area contributed by atoms with Gasteiger partial charge in [-0.3, -0.25) is 0 Å². The molecule has 0 aromatic heterocycles. The van der Waals surface area contributed by atoms with Gasteiger partial charge in [0.05, 0.1) is 0 Å². The highest BCUT2D eigenvalue weighted by Gasteiger charge is 2.71. The van der Waals surface area contributed by atoms with Gasteiger partial charge in [0.15, 0.2) is 0 Å². The van der Waals surface area contributed by atoms with Crippen LogP contribution in [0.2, 0.25) is 0 Å². The first-order chi connectivity index (χ1) is 7.96. The highest BCUT2D eigenvalue weighted by atomic mass is 35.5. The van der Waals surface area contributed by atoms with Crippen molar-refractivity contribution in [1.29, 1.82) is 0 Å². The molecule has 0 aromatic rings. The number of hydrogen-bond acceptors (Lipinski definition) is 0. The van der Waals surface area contributed by atoms with Gasteiger partial charge in [-0.25, -0.2) is 0 Å². The van der Waals surface area contributed by atoms with E-state index in [2.05, 4.69) is 31.9 Å². The molecule has 0 spiro atoms. The molecule has 0 amide bonds. The summed E-state index contributed by atoms with van der Waals surface area (Å²) in [6.45, 7) is 4.54. The summed E-state index contributed by atoms with van der Waals surface area (Å²) in [5.74, 6) is 3.82. The second-order valence-electron chi connectivity index (χ2n) is 5.69.